The number of nitrogens with one attached hydrogen (secondary N) is 1. The summed E-state index contributed by atoms with van der Waals surface area (Å²) >= 11 is 0. The first-order valence-electron chi connectivity index (χ1n) is 6.66. The van der Waals surface area contributed by atoms with Crippen molar-refractivity contribution in [3.8, 4) is 0 Å². The van der Waals surface area contributed by atoms with E-state index in [1.54, 1.807) is 0 Å². The number of rotatable bonds is 2. The van der Waals surface area contributed by atoms with Crippen molar-refractivity contribution in [3.63, 3.8) is 0 Å². The highest BCUT2D eigenvalue weighted by molar-refractivity contribution is 5.26. The van der Waals surface area contributed by atoms with Crippen LogP contribution in [0.4, 0.5) is 0 Å². The zero-order chi connectivity index (χ0) is 11.5. The third-order valence-electron chi connectivity index (χ3n) is 3.86. The van der Waals surface area contributed by atoms with Crippen LogP contribution in [-0.2, 0) is 0 Å². The van der Waals surface area contributed by atoms with Crippen LogP contribution in [0.2, 0.25) is 0 Å². The molecule has 2 atom stereocenters. The van der Waals surface area contributed by atoms with Gasteiger partial charge in [0.15, 0.2) is 0 Å². The van der Waals surface area contributed by atoms with Crippen LogP contribution in [0, 0.1) is 5.92 Å². The van der Waals surface area contributed by atoms with E-state index >= 15 is 0 Å². The summed E-state index contributed by atoms with van der Waals surface area (Å²) in [6.45, 7) is 2.48. The molecule has 0 spiro atoms. The summed E-state index contributed by atoms with van der Waals surface area (Å²) in [5.74, 6) is 0.600. The van der Waals surface area contributed by atoms with Gasteiger partial charge in [-0.05, 0) is 37.6 Å². The molecule has 0 aromatic rings. The topological polar surface area (TPSA) is 15.3 Å². The van der Waals surface area contributed by atoms with Crippen LogP contribution >= 0.6 is 0 Å². The largest absolute Gasteiger partial charge is 0.384 e. The molecule has 0 bridgehead atoms. The van der Waals surface area contributed by atoms with Crippen molar-refractivity contribution in [2.24, 2.45) is 5.92 Å². The van der Waals surface area contributed by atoms with E-state index in [0.717, 1.165) is 6.42 Å². The van der Waals surface area contributed by atoms with Gasteiger partial charge < -0.3 is 10.2 Å². The number of dihydropyridines is 1. The Balaban J connectivity index is 1.61. The maximum Gasteiger partial charge on any atom is 0.0507 e. The Morgan fingerprint density at radius 2 is 2.00 bits per heavy atom. The molecule has 2 heterocycles. The Morgan fingerprint density at radius 1 is 1.12 bits per heavy atom. The van der Waals surface area contributed by atoms with Gasteiger partial charge in [-0.25, -0.2) is 0 Å². The van der Waals surface area contributed by atoms with Gasteiger partial charge in [-0.3, -0.25) is 0 Å². The minimum atomic E-state index is 0.465. The zero-order valence-corrected chi connectivity index (χ0v) is 10.2. The van der Waals surface area contributed by atoms with Gasteiger partial charge in [0.1, 0.15) is 0 Å². The maximum absolute atomic E-state index is 3.41. The Hall–Kier alpha value is -1.44. The van der Waals surface area contributed by atoms with Gasteiger partial charge in [0.25, 0.3) is 0 Å². The summed E-state index contributed by atoms with van der Waals surface area (Å²) in [7, 11) is 0. The van der Waals surface area contributed by atoms with Gasteiger partial charge in [0, 0.05) is 24.7 Å². The monoisotopic (exact) mass is 228 g/mol. The minimum absolute atomic E-state index is 0.465. The lowest BCUT2D eigenvalue weighted by molar-refractivity contribution is 0.426. The number of nitrogens with zero attached hydrogens (tertiary/aromatic N) is 1. The molecule has 0 amide bonds. The smallest absolute Gasteiger partial charge is 0.0507 e. The average Bonchev–Trinajstić information content (AvgIpc) is 2.94. The number of allylic oxidation sites excluding steroid dienone is 4. The van der Waals surface area contributed by atoms with E-state index in [1.807, 2.05) is 6.20 Å². The molecular formula is C15H20N2. The van der Waals surface area contributed by atoms with E-state index in [-0.39, 0.29) is 0 Å². The molecule has 1 saturated heterocycles. The second-order valence-corrected chi connectivity index (χ2v) is 5.02. The van der Waals surface area contributed by atoms with E-state index in [0.29, 0.717) is 12.0 Å². The second kappa shape index (κ2) is 4.82. The van der Waals surface area contributed by atoms with Crippen LogP contribution in [0.15, 0.2) is 48.4 Å². The fraction of sp³-hybridized carbons (Fsp3) is 0.467. The van der Waals surface area contributed by atoms with Crippen molar-refractivity contribution >= 4 is 0 Å². The fourth-order valence-corrected chi connectivity index (χ4v) is 2.83. The summed E-state index contributed by atoms with van der Waals surface area (Å²) in [6.07, 6.45) is 19.4. The maximum atomic E-state index is 3.41. The van der Waals surface area contributed by atoms with E-state index in [9.17, 15) is 0 Å². The SMILES string of the molecule is C1=CNC(C2C=CC(N3CCCC3)=CC2)C=C1. The molecule has 3 aliphatic rings. The lowest BCUT2D eigenvalue weighted by Crippen LogP contribution is -2.32. The molecule has 0 radical (unpaired) electrons. The van der Waals surface area contributed by atoms with Crippen LogP contribution in [0.1, 0.15) is 19.3 Å². The summed E-state index contributed by atoms with van der Waals surface area (Å²) in [5, 5.41) is 3.41. The molecule has 2 nitrogen and oxygen atoms in total. The molecule has 0 aromatic carbocycles. The molecule has 1 fully saturated rings. The number of hydrogen-bond acceptors (Lipinski definition) is 2. The lowest BCUT2D eigenvalue weighted by atomic mass is 9.90. The Morgan fingerprint density at radius 3 is 2.65 bits per heavy atom. The first-order valence-corrected chi connectivity index (χ1v) is 6.66. The van der Waals surface area contributed by atoms with Crippen LogP contribution in [-0.4, -0.2) is 24.0 Å². The quantitative estimate of drug-likeness (QED) is 0.781. The summed E-state index contributed by atoms with van der Waals surface area (Å²) in [4.78, 5) is 2.51. The van der Waals surface area contributed by atoms with E-state index in [4.69, 9.17) is 0 Å². The van der Waals surface area contributed by atoms with E-state index in [1.165, 1.54) is 31.6 Å². The first-order chi connectivity index (χ1) is 8.43. The second-order valence-electron chi connectivity index (χ2n) is 5.02. The van der Waals surface area contributed by atoms with Gasteiger partial charge in [-0.15, -0.1) is 0 Å². The van der Waals surface area contributed by atoms with Crippen LogP contribution in [0.25, 0.3) is 0 Å². The van der Waals surface area contributed by atoms with Gasteiger partial charge in [0.2, 0.25) is 0 Å². The van der Waals surface area contributed by atoms with Crippen molar-refractivity contribution in [2.75, 3.05) is 13.1 Å². The normalized spacial score (nSPS) is 31.5. The highest BCUT2D eigenvalue weighted by Crippen LogP contribution is 2.25. The average molecular weight is 228 g/mol. The summed E-state index contributed by atoms with van der Waals surface area (Å²) in [5.41, 5.74) is 1.44. The van der Waals surface area contributed by atoms with Gasteiger partial charge >= 0.3 is 0 Å². The molecule has 2 aliphatic heterocycles. The molecule has 90 valence electrons. The minimum Gasteiger partial charge on any atom is -0.384 e. The summed E-state index contributed by atoms with van der Waals surface area (Å²) in [6, 6.07) is 0.465. The molecule has 1 N–H and O–H groups in total. The summed E-state index contributed by atoms with van der Waals surface area (Å²) < 4.78 is 0. The molecule has 17 heavy (non-hydrogen) atoms. The zero-order valence-electron chi connectivity index (χ0n) is 10.2. The van der Waals surface area contributed by atoms with Crippen molar-refractivity contribution in [1.82, 2.24) is 10.2 Å². The predicted molar refractivity (Wildman–Crippen MR) is 71.3 cm³/mol. The standard InChI is InChI=1S/C15H20N2/c1-2-10-16-15(5-1)13-6-8-14(9-7-13)17-11-3-4-12-17/h1-2,5-6,8-10,13,15-16H,3-4,7,11-12H2. The number of hydrogen-bond donors (Lipinski definition) is 1. The van der Waals surface area contributed by atoms with E-state index in [2.05, 4.69) is 46.7 Å². The highest BCUT2D eigenvalue weighted by atomic mass is 15.1. The Kier molecular flexibility index (Phi) is 3.04. The Bertz CT molecular complexity index is 384. The highest BCUT2D eigenvalue weighted by Gasteiger charge is 2.20. The van der Waals surface area contributed by atoms with E-state index < -0.39 is 0 Å². The predicted octanol–water partition coefficient (Wildman–Crippen LogP) is 2.58. The molecule has 0 saturated carbocycles. The molecule has 0 aromatic heterocycles. The Labute approximate surface area is 103 Å². The van der Waals surface area contributed by atoms with Crippen molar-refractivity contribution in [1.29, 1.82) is 0 Å². The van der Waals surface area contributed by atoms with Crippen molar-refractivity contribution in [3.05, 3.63) is 48.4 Å². The molecule has 2 heteroatoms. The van der Waals surface area contributed by atoms with Crippen LogP contribution < -0.4 is 5.32 Å². The fourth-order valence-electron chi connectivity index (χ4n) is 2.83. The number of likely N-dealkylation sites (tertiary alicyclic amines) is 1. The van der Waals surface area contributed by atoms with Gasteiger partial charge in [0.05, 0.1) is 6.04 Å². The molecule has 2 unspecified atom stereocenters. The first kappa shape index (κ1) is 10.7. The van der Waals surface area contributed by atoms with Gasteiger partial charge in [-0.2, -0.15) is 0 Å². The molecule has 1 aliphatic carbocycles. The third-order valence-corrected chi connectivity index (χ3v) is 3.86. The van der Waals surface area contributed by atoms with Crippen molar-refractivity contribution in [2.45, 2.75) is 25.3 Å². The van der Waals surface area contributed by atoms with Crippen LogP contribution in [0.3, 0.4) is 0 Å². The van der Waals surface area contributed by atoms with Crippen molar-refractivity contribution < 1.29 is 0 Å². The third kappa shape index (κ3) is 2.31. The lowest BCUT2D eigenvalue weighted by Gasteiger charge is -2.28. The van der Waals surface area contributed by atoms with Crippen LogP contribution in [0.5, 0.6) is 0 Å². The molecular weight excluding hydrogens is 208 g/mol. The molecule has 3 rings (SSSR count). The van der Waals surface area contributed by atoms with Gasteiger partial charge in [-0.1, -0.05) is 24.3 Å².